The van der Waals surface area contributed by atoms with Gasteiger partial charge in [-0.2, -0.15) is 0 Å². The standard InChI is InChI=1S/C6H15N.CH5N/c1-4-7(5-2)6-3;1-2/h4-6H2,1-3H3;2H2,1H3. The van der Waals surface area contributed by atoms with E-state index in [-0.39, 0.29) is 0 Å². The van der Waals surface area contributed by atoms with Gasteiger partial charge in [-0.15, -0.1) is 0 Å². The SMILES string of the molecule is CCN(CC)CC.CN. The fraction of sp³-hybridized carbons (Fsp3) is 1.00. The largest absolute Gasteiger partial charge is 0.333 e. The zero-order chi connectivity index (χ0) is 7.70. The Morgan fingerprint density at radius 3 is 1.11 bits per heavy atom. The van der Waals surface area contributed by atoms with Gasteiger partial charge in [-0.05, 0) is 26.7 Å². The summed E-state index contributed by atoms with van der Waals surface area (Å²) in [4.78, 5) is 2.38. The van der Waals surface area contributed by atoms with Crippen molar-refractivity contribution in [3.8, 4) is 0 Å². The topological polar surface area (TPSA) is 29.3 Å². The molecule has 2 N–H and O–H groups in total. The molecule has 0 aromatic heterocycles. The summed E-state index contributed by atoms with van der Waals surface area (Å²) < 4.78 is 0. The van der Waals surface area contributed by atoms with Crippen molar-refractivity contribution in [1.82, 2.24) is 4.90 Å². The summed E-state index contributed by atoms with van der Waals surface area (Å²) in [6, 6.07) is 0. The predicted octanol–water partition coefficient (Wildman–Crippen LogP) is 0.923. The molecule has 0 aliphatic heterocycles. The third-order valence-corrected chi connectivity index (χ3v) is 1.34. The molecule has 0 atom stereocenters. The summed E-state index contributed by atoms with van der Waals surface area (Å²) in [5.41, 5.74) is 4.50. The molecule has 0 bridgehead atoms. The lowest BCUT2D eigenvalue weighted by Crippen LogP contribution is -2.21. The van der Waals surface area contributed by atoms with Gasteiger partial charge in [0.05, 0.1) is 0 Å². The second-order valence-electron chi connectivity index (χ2n) is 1.62. The van der Waals surface area contributed by atoms with Crippen LogP contribution in [0.3, 0.4) is 0 Å². The molecule has 0 radical (unpaired) electrons. The van der Waals surface area contributed by atoms with Crippen molar-refractivity contribution in [2.45, 2.75) is 20.8 Å². The molecule has 0 heterocycles. The number of hydrogen-bond acceptors (Lipinski definition) is 2. The lowest BCUT2D eigenvalue weighted by atomic mass is 10.5. The Kier molecular flexibility index (Phi) is 14.0. The van der Waals surface area contributed by atoms with Gasteiger partial charge >= 0.3 is 0 Å². The average molecular weight is 132 g/mol. The van der Waals surface area contributed by atoms with E-state index in [9.17, 15) is 0 Å². The number of nitrogens with two attached hydrogens (primary N) is 1. The van der Waals surface area contributed by atoms with Gasteiger partial charge < -0.3 is 10.6 Å². The first-order valence-electron chi connectivity index (χ1n) is 3.65. The van der Waals surface area contributed by atoms with Gasteiger partial charge in [0, 0.05) is 0 Å². The molecule has 0 unspecified atom stereocenters. The quantitative estimate of drug-likeness (QED) is 0.619. The van der Waals surface area contributed by atoms with Crippen molar-refractivity contribution in [3.63, 3.8) is 0 Å². The van der Waals surface area contributed by atoms with Crippen molar-refractivity contribution in [2.24, 2.45) is 5.73 Å². The smallest absolute Gasteiger partial charge is 0.00474 e. The average Bonchev–Trinajstić information content (AvgIpc) is 1.96. The van der Waals surface area contributed by atoms with Gasteiger partial charge in [0.2, 0.25) is 0 Å². The predicted molar refractivity (Wildman–Crippen MR) is 43.6 cm³/mol. The zero-order valence-electron chi connectivity index (χ0n) is 7.15. The van der Waals surface area contributed by atoms with Crippen LogP contribution in [-0.2, 0) is 0 Å². The number of nitrogens with zero attached hydrogens (tertiary/aromatic N) is 1. The summed E-state index contributed by atoms with van der Waals surface area (Å²) in [6.07, 6.45) is 0. The van der Waals surface area contributed by atoms with E-state index in [1.54, 1.807) is 0 Å². The van der Waals surface area contributed by atoms with E-state index in [1.165, 1.54) is 26.7 Å². The highest BCUT2D eigenvalue weighted by molar-refractivity contribution is 4.43. The molecule has 0 fully saturated rings. The zero-order valence-corrected chi connectivity index (χ0v) is 7.15. The highest BCUT2D eigenvalue weighted by Gasteiger charge is 1.89. The Bertz CT molecular complexity index is 28.4. The van der Waals surface area contributed by atoms with Gasteiger partial charge in [-0.1, -0.05) is 20.8 Å². The molecule has 9 heavy (non-hydrogen) atoms. The van der Waals surface area contributed by atoms with Crippen molar-refractivity contribution in [2.75, 3.05) is 26.7 Å². The Labute approximate surface area is 59.0 Å². The van der Waals surface area contributed by atoms with E-state index in [0.717, 1.165) is 0 Å². The van der Waals surface area contributed by atoms with Gasteiger partial charge in [0.25, 0.3) is 0 Å². The van der Waals surface area contributed by atoms with Crippen LogP contribution >= 0.6 is 0 Å². The third kappa shape index (κ3) is 7.92. The normalized spacial score (nSPS) is 8.67. The Balaban J connectivity index is 0. The Morgan fingerprint density at radius 1 is 0.889 bits per heavy atom. The lowest BCUT2D eigenvalue weighted by Gasteiger charge is -2.13. The molecule has 0 saturated heterocycles. The van der Waals surface area contributed by atoms with Crippen LogP contribution in [0.25, 0.3) is 0 Å². The summed E-state index contributed by atoms with van der Waals surface area (Å²) in [7, 11) is 1.50. The van der Waals surface area contributed by atoms with E-state index in [0.29, 0.717) is 0 Å². The fourth-order valence-electron chi connectivity index (χ4n) is 0.671. The monoisotopic (exact) mass is 132 g/mol. The summed E-state index contributed by atoms with van der Waals surface area (Å²) in [5.74, 6) is 0. The Hall–Kier alpha value is -0.0800. The molecular formula is C7H20N2. The van der Waals surface area contributed by atoms with E-state index < -0.39 is 0 Å². The summed E-state index contributed by atoms with van der Waals surface area (Å²) in [6.45, 7) is 10.1. The number of hydrogen-bond donors (Lipinski definition) is 1. The molecule has 0 spiro atoms. The first kappa shape index (κ1) is 11.7. The first-order chi connectivity index (χ1) is 4.35. The molecule has 0 saturated carbocycles. The molecule has 0 aliphatic carbocycles. The molecule has 0 amide bonds. The minimum absolute atomic E-state index is 1.19. The van der Waals surface area contributed by atoms with Crippen LogP contribution in [-0.4, -0.2) is 31.6 Å². The van der Waals surface area contributed by atoms with E-state index in [1.807, 2.05) is 0 Å². The molecule has 2 heteroatoms. The van der Waals surface area contributed by atoms with Crippen LogP contribution in [0.5, 0.6) is 0 Å². The minimum atomic E-state index is 1.19. The van der Waals surface area contributed by atoms with Gasteiger partial charge in [0.1, 0.15) is 0 Å². The molecule has 58 valence electrons. The summed E-state index contributed by atoms with van der Waals surface area (Å²) in [5, 5.41) is 0. The van der Waals surface area contributed by atoms with Crippen LogP contribution in [0.2, 0.25) is 0 Å². The maximum atomic E-state index is 4.50. The molecule has 0 aromatic carbocycles. The number of rotatable bonds is 3. The lowest BCUT2D eigenvalue weighted by molar-refractivity contribution is 0.321. The summed E-state index contributed by atoms with van der Waals surface area (Å²) >= 11 is 0. The second-order valence-corrected chi connectivity index (χ2v) is 1.62. The van der Waals surface area contributed by atoms with E-state index in [4.69, 9.17) is 0 Å². The molecular weight excluding hydrogens is 112 g/mol. The van der Waals surface area contributed by atoms with E-state index >= 15 is 0 Å². The van der Waals surface area contributed by atoms with Crippen LogP contribution < -0.4 is 5.73 Å². The maximum absolute atomic E-state index is 4.50. The van der Waals surface area contributed by atoms with Crippen molar-refractivity contribution in [1.29, 1.82) is 0 Å². The fourth-order valence-corrected chi connectivity index (χ4v) is 0.671. The minimum Gasteiger partial charge on any atom is -0.333 e. The van der Waals surface area contributed by atoms with Crippen molar-refractivity contribution < 1.29 is 0 Å². The van der Waals surface area contributed by atoms with Crippen LogP contribution in [0.15, 0.2) is 0 Å². The van der Waals surface area contributed by atoms with Crippen molar-refractivity contribution in [3.05, 3.63) is 0 Å². The van der Waals surface area contributed by atoms with Gasteiger partial charge in [-0.25, -0.2) is 0 Å². The third-order valence-electron chi connectivity index (χ3n) is 1.34. The molecule has 0 aliphatic rings. The Morgan fingerprint density at radius 2 is 1.11 bits per heavy atom. The van der Waals surface area contributed by atoms with Gasteiger partial charge in [0.15, 0.2) is 0 Å². The molecule has 2 nitrogen and oxygen atoms in total. The molecule has 0 rings (SSSR count). The van der Waals surface area contributed by atoms with E-state index in [2.05, 4.69) is 31.4 Å². The van der Waals surface area contributed by atoms with Crippen molar-refractivity contribution >= 4 is 0 Å². The highest BCUT2D eigenvalue weighted by Crippen LogP contribution is 1.81. The van der Waals surface area contributed by atoms with Gasteiger partial charge in [-0.3, -0.25) is 0 Å². The molecule has 0 aromatic rings. The van der Waals surface area contributed by atoms with Crippen LogP contribution in [0.1, 0.15) is 20.8 Å². The maximum Gasteiger partial charge on any atom is -0.00474 e. The first-order valence-corrected chi connectivity index (χ1v) is 3.65. The second kappa shape index (κ2) is 10.8. The highest BCUT2D eigenvalue weighted by atomic mass is 15.1. The van der Waals surface area contributed by atoms with Crippen LogP contribution in [0, 0.1) is 0 Å². The van der Waals surface area contributed by atoms with Crippen LogP contribution in [0.4, 0.5) is 0 Å².